The smallest absolute Gasteiger partial charge is 0.184 e. The number of rotatable bonds is 5. The Labute approximate surface area is 106 Å². The fourth-order valence-electron chi connectivity index (χ4n) is 1.78. The average Bonchev–Trinajstić information content (AvgIpc) is 2.83. The van der Waals surface area contributed by atoms with Crippen LogP contribution < -0.4 is 4.74 Å². The van der Waals surface area contributed by atoms with Gasteiger partial charge in [-0.1, -0.05) is 6.92 Å². The van der Waals surface area contributed by atoms with Crippen molar-refractivity contribution in [1.82, 2.24) is 0 Å². The van der Waals surface area contributed by atoms with Crippen molar-refractivity contribution in [2.24, 2.45) is 0 Å². The van der Waals surface area contributed by atoms with Gasteiger partial charge in [-0.05, 0) is 30.9 Å². The van der Waals surface area contributed by atoms with Gasteiger partial charge < -0.3 is 14.2 Å². The Morgan fingerprint density at radius 1 is 1.24 bits per heavy atom. The molecule has 0 N–H and O–H groups in total. The molecule has 0 unspecified atom stereocenters. The van der Waals surface area contributed by atoms with Crippen LogP contribution in [-0.4, -0.2) is 25.6 Å². The van der Waals surface area contributed by atoms with Crippen molar-refractivity contribution < 1.29 is 14.2 Å². The quantitative estimate of drug-likeness (QED) is 0.754. The van der Waals surface area contributed by atoms with Crippen LogP contribution in [0.1, 0.15) is 25.7 Å². The number of ether oxygens (including phenoxy) is 3. The molecule has 0 aliphatic carbocycles. The third-order valence-corrected chi connectivity index (χ3v) is 3.28. The highest BCUT2D eigenvalue weighted by atomic mass is 32.2. The van der Waals surface area contributed by atoms with Crippen LogP contribution in [-0.2, 0) is 9.47 Å². The fraction of sp³-hybridized carbons (Fsp3) is 0.538. The SMILES string of the molecule is CCOc1cc(SCC)cc(C2OCCO2)c1. The molecule has 0 saturated carbocycles. The first-order chi connectivity index (χ1) is 8.33. The van der Waals surface area contributed by atoms with E-state index in [1.807, 2.05) is 13.0 Å². The summed E-state index contributed by atoms with van der Waals surface area (Å²) < 4.78 is 16.6. The highest BCUT2D eigenvalue weighted by molar-refractivity contribution is 7.99. The van der Waals surface area contributed by atoms with Crippen molar-refractivity contribution in [3.05, 3.63) is 23.8 Å². The molecule has 17 heavy (non-hydrogen) atoms. The van der Waals surface area contributed by atoms with E-state index in [1.165, 1.54) is 4.90 Å². The van der Waals surface area contributed by atoms with Crippen molar-refractivity contribution in [2.45, 2.75) is 25.0 Å². The van der Waals surface area contributed by atoms with Gasteiger partial charge in [-0.15, -0.1) is 11.8 Å². The lowest BCUT2D eigenvalue weighted by atomic mass is 10.2. The number of thioether (sulfide) groups is 1. The summed E-state index contributed by atoms with van der Waals surface area (Å²) in [5.41, 5.74) is 1.05. The van der Waals surface area contributed by atoms with Crippen molar-refractivity contribution in [3.63, 3.8) is 0 Å². The number of hydrogen-bond acceptors (Lipinski definition) is 4. The summed E-state index contributed by atoms with van der Waals surface area (Å²) in [4.78, 5) is 1.20. The van der Waals surface area contributed by atoms with Crippen LogP contribution in [0.25, 0.3) is 0 Å². The number of hydrogen-bond donors (Lipinski definition) is 0. The van der Waals surface area contributed by atoms with Crippen molar-refractivity contribution in [3.8, 4) is 5.75 Å². The summed E-state index contributed by atoms with van der Waals surface area (Å²) in [6, 6.07) is 6.18. The van der Waals surface area contributed by atoms with Crippen LogP contribution in [0.15, 0.2) is 23.1 Å². The van der Waals surface area contributed by atoms with E-state index in [2.05, 4.69) is 19.1 Å². The Morgan fingerprint density at radius 3 is 2.65 bits per heavy atom. The minimum absolute atomic E-state index is 0.230. The zero-order chi connectivity index (χ0) is 12.1. The highest BCUT2D eigenvalue weighted by Crippen LogP contribution is 2.31. The summed E-state index contributed by atoms with van der Waals surface area (Å²) in [6.45, 7) is 6.13. The lowest BCUT2D eigenvalue weighted by molar-refractivity contribution is -0.0443. The van der Waals surface area contributed by atoms with Gasteiger partial charge in [0.15, 0.2) is 6.29 Å². The molecule has 2 rings (SSSR count). The molecular weight excluding hydrogens is 236 g/mol. The van der Waals surface area contributed by atoms with Gasteiger partial charge in [-0.25, -0.2) is 0 Å². The Kier molecular flexibility index (Phi) is 4.71. The molecule has 1 saturated heterocycles. The van der Waals surface area contributed by atoms with E-state index in [9.17, 15) is 0 Å². The molecule has 0 amide bonds. The Morgan fingerprint density at radius 2 is 2.00 bits per heavy atom. The second kappa shape index (κ2) is 6.28. The van der Waals surface area contributed by atoms with Gasteiger partial charge in [0, 0.05) is 10.5 Å². The lowest BCUT2D eigenvalue weighted by Crippen LogP contribution is -2.00. The van der Waals surface area contributed by atoms with E-state index >= 15 is 0 Å². The summed E-state index contributed by atoms with van der Waals surface area (Å²) >= 11 is 1.80. The Hall–Kier alpha value is -0.710. The van der Waals surface area contributed by atoms with Crippen LogP contribution in [0.2, 0.25) is 0 Å². The summed E-state index contributed by atoms with van der Waals surface area (Å²) in [7, 11) is 0. The minimum atomic E-state index is -0.230. The topological polar surface area (TPSA) is 27.7 Å². The molecule has 4 heteroatoms. The molecular formula is C13H18O3S. The third-order valence-electron chi connectivity index (χ3n) is 2.42. The van der Waals surface area contributed by atoms with Crippen molar-refractivity contribution in [1.29, 1.82) is 0 Å². The third kappa shape index (κ3) is 3.37. The standard InChI is InChI=1S/C13H18O3S/c1-3-14-11-7-10(13-15-5-6-16-13)8-12(9-11)17-4-2/h7-9,13H,3-6H2,1-2H3. The normalized spacial score (nSPS) is 16.4. The van der Waals surface area contributed by atoms with Gasteiger partial charge in [0.1, 0.15) is 5.75 Å². The summed E-state index contributed by atoms with van der Waals surface area (Å²) in [5, 5.41) is 0. The van der Waals surface area contributed by atoms with Crippen LogP contribution in [0, 0.1) is 0 Å². The van der Waals surface area contributed by atoms with E-state index in [0.29, 0.717) is 19.8 Å². The zero-order valence-corrected chi connectivity index (χ0v) is 11.1. The van der Waals surface area contributed by atoms with E-state index in [-0.39, 0.29) is 6.29 Å². The van der Waals surface area contributed by atoms with E-state index in [4.69, 9.17) is 14.2 Å². The van der Waals surface area contributed by atoms with E-state index in [1.54, 1.807) is 11.8 Å². The minimum Gasteiger partial charge on any atom is -0.494 e. The molecule has 0 aromatic heterocycles. The Balaban J connectivity index is 2.22. The van der Waals surface area contributed by atoms with Gasteiger partial charge >= 0.3 is 0 Å². The lowest BCUT2D eigenvalue weighted by Gasteiger charge is -2.13. The maximum atomic E-state index is 5.57. The second-order valence-corrected chi connectivity index (χ2v) is 5.01. The van der Waals surface area contributed by atoms with Gasteiger partial charge in [0.25, 0.3) is 0 Å². The molecule has 1 aromatic carbocycles. The molecule has 0 spiro atoms. The first-order valence-corrected chi connectivity index (χ1v) is 6.95. The predicted molar refractivity (Wildman–Crippen MR) is 68.7 cm³/mol. The van der Waals surface area contributed by atoms with Gasteiger partial charge in [-0.3, -0.25) is 0 Å². The molecule has 94 valence electrons. The first-order valence-electron chi connectivity index (χ1n) is 5.97. The average molecular weight is 254 g/mol. The Bertz CT molecular complexity index is 337. The first kappa shape index (κ1) is 12.7. The molecule has 1 aliphatic rings. The van der Waals surface area contributed by atoms with Crippen LogP contribution in [0.4, 0.5) is 0 Å². The van der Waals surface area contributed by atoms with Gasteiger partial charge in [-0.2, -0.15) is 0 Å². The molecule has 0 radical (unpaired) electrons. The molecule has 1 fully saturated rings. The molecule has 3 nitrogen and oxygen atoms in total. The van der Waals surface area contributed by atoms with E-state index < -0.39 is 0 Å². The maximum Gasteiger partial charge on any atom is 0.184 e. The van der Waals surface area contributed by atoms with E-state index in [0.717, 1.165) is 17.1 Å². The maximum absolute atomic E-state index is 5.57. The largest absolute Gasteiger partial charge is 0.494 e. The molecule has 1 aromatic rings. The van der Waals surface area contributed by atoms with Gasteiger partial charge in [0.2, 0.25) is 0 Å². The van der Waals surface area contributed by atoms with Crippen LogP contribution >= 0.6 is 11.8 Å². The fourth-order valence-corrected chi connectivity index (χ4v) is 2.53. The molecule has 1 aliphatic heterocycles. The zero-order valence-electron chi connectivity index (χ0n) is 10.3. The van der Waals surface area contributed by atoms with Crippen LogP contribution in [0.5, 0.6) is 5.75 Å². The van der Waals surface area contributed by atoms with Crippen molar-refractivity contribution >= 4 is 11.8 Å². The van der Waals surface area contributed by atoms with Crippen LogP contribution in [0.3, 0.4) is 0 Å². The molecule has 1 heterocycles. The van der Waals surface area contributed by atoms with Crippen molar-refractivity contribution in [2.75, 3.05) is 25.6 Å². The predicted octanol–water partition coefficient (Wildman–Crippen LogP) is 3.24. The number of benzene rings is 1. The monoisotopic (exact) mass is 254 g/mol. The summed E-state index contributed by atoms with van der Waals surface area (Å²) in [6.07, 6.45) is -0.230. The summed E-state index contributed by atoms with van der Waals surface area (Å²) in [5.74, 6) is 1.93. The molecule has 0 bridgehead atoms. The van der Waals surface area contributed by atoms with Gasteiger partial charge in [0.05, 0.1) is 19.8 Å². The molecule has 0 atom stereocenters. The highest BCUT2D eigenvalue weighted by Gasteiger charge is 2.19. The second-order valence-electron chi connectivity index (χ2n) is 3.68.